The van der Waals surface area contributed by atoms with E-state index in [9.17, 15) is 9.90 Å². The van der Waals surface area contributed by atoms with E-state index in [1.165, 1.54) is 29.0 Å². The number of carbonyl (C=O) groups excluding carboxylic acids is 1. The number of carbonyl (C=O) groups is 1. The summed E-state index contributed by atoms with van der Waals surface area (Å²) in [5.74, 6) is 2.68. The Kier molecular flexibility index (Phi) is 3.94. The Morgan fingerprint density at radius 2 is 1.87 bits per heavy atom. The van der Waals surface area contributed by atoms with Crippen LogP contribution in [0.5, 0.6) is 5.75 Å². The molecule has 0 radical (unpaired) electrons. The van der Waals surface area contributed by atoms with Crippen LogP contribution in [0.25, 0.3) is 16.1 Å². The van der Waals surface area contributed by atoms with Crippen LogP contribution in [0.4, 0.5) is 0 Å². The van der Waals surface area contributed by atoms with Gasteiger partial charge in [0, 0.05) is 16.7 Å². The van der Waals surface area contributed by atoms with E-state index >= 15 is 0 Å². The first-order chi connectivity index (χ1) is 14.4. The summed E-state index contributed by atoms with van der Waals surface area (Å²) in [6.45, 7) is 4.72. The topological polar surface area (TPSA) is 50.2 Å². The summed E-state index contributed by atoms with van der Waals surface area (Å²) in [5.41, 5.74) is 3.55. The van der Waals surface area contributed by atoms with E-state index in [-0.39, 0.29) is 10.8 Å². The number of ketones is 1. The molecule has 0 bridgehead atoms. The van der Waals surface area contributed by atoms with Crippen LogP contribution in [0.15, 0.2) is 30.3 Å². The minimum absolute atomic E-state index is 0.0681. The van der Waals surface area contributed by atoms with Gasteiger partial charge in [-0.05, 0) is 79.4 Å². The number of benzene rings is 1. The van der Waals surface area contributed by atoms with E-state index in [2.05, 4.69) is 19.9 Å². The van der Waals surface area contributed by atoms with E-state index < -0.39 is 0 Å². The van der Waals surface area contributed by atoms with Crippen LogP contribution in [0.2, 0.25) is 0 Å². The van der Waals surface area contributed by atoms with E-state index in [1.54, 1.807) is 17.4 Å². The molecule has 0 unspecified atom stereocenters. The number of phenols is 1. The Morgan fingerprint density at radius 1 is 1.07 bits per heavy atom. The van der Waals surface area contributed by atoms with Crippen molar-refractivity contribution < 1.29 is 9.90 Å². The number of allylic oxidation sites excluding steroid dienone is 2. The van der Waals surface area contributed by atoms with E-state index in [1.807, 2.05) is 18.2 Å². The maximum atomic E-state index is 12.7. The molecule has 2 aromatic rings. The van der Waals surface area contributed by atoms with Crippen LogP contribution in [0.3, 0.4) is 0 Å². The molecule has 30 heavy (non-hydrogen) atoms. The summed E-state index contributed by atoms with van der Waals surface area (Å²) in [7, 11) is 0. The molecule has 2 saturated carbocycles. The number of para-hydroxylation sites is 1. The van der Waals surface area contributed by atoms with Crippen LogP contribution in [-0.2, 0) is 11.2 Å². The number of nitrogens with zero attached hydrogens (tertiary/aromatic N) is 1. The minimum Gasteiger partial charge on any atom is -0.507 e. The lowest BCUT2D eigenvalue weighted by atomic mass is 9.48. The van der Waals surface area contributed by atoms with Gasteiger partial charge < -0.3 is 5.11 Å². The molecule has 4 aliphatic rings. The van der Waals surface area contributed by atoms with Gasteiger partial charge in [-0.2, -0.15) is 0 Å². The molecule has 0 spiro atoms. The third-order valence-electron chi connectivity index (χ3n) is 9.13. The molecule has 2 fully saturated rings. The highest BCUT2D eigenvalue weighted by Crippen LogP contribution is 2.65. The standard InChI is InChI=1S/C26H29NO2S/c1-25-14-12-21-23(27-24(30-21)16-5-3-4-6-20(16)28)19(25)8-7-15-17-9-10-22(29)26(17,2)13-11-18(15)25/h3-6,8,15,17-18,28H,7,9-14H2,1-2H3/t15-,17-,18-,25+,26-/m0/s1. The van der Waals surface area contributed by atoms with Gasteiger partial charge in [0.2, 0.25) is 0 Å². The molecule has 0 amide bonds. The fraction of sp³-hybridized carbons (Fsp3) is 0.538. The molecule has 5 atom stereocenters. The van der Waals surface area contributed by atoms with Gasteiger partial charge in [-0.3, -0.25) is 4.79 Å². The van der Waals surface area contributed by atoms with Gasteiger partial charge in [-0.1, -0.05) is 32.1 Å². The third kappa shape index (κ3) is 2.37. The van der Waals surface area contributed by atoms with Crippen molar-refractivity contribution in [3.05, 3.63) is 40.9 Å². The number of aryl methyl sites for hydroxylation is 1. The molecule has 4 aliphatic carbocycles. The van der Waals surface area contributed by atoms with Crippen LogP contribution < -0.4 is 0 Å². The highest BCUT2D eigenvalue weighted by atomic mass is 32.1. The predicted octanol–water partition coefficient (Wildman–Crippen LogP) is 6.27. The van der Waals surface area contributed by atoms with Crippen molar-refractivity contribution in [2.75, 3.05) is 0 Å². The lowest BCUT2D eigenvalue weighted by Gasteiger charge is -2.55. The highest BCUT2D eigenvalue weighted by Gasteiger charge is 2.58. The molecule has 4 heteroatoms. The van der Waals surface area contributed by atoms with Gasteiger partial charge >= 0.3 is 0 Å². The van der Waals surface area contributed by atoms with E-state index in [0.29, 0.717) is 29.3 Å². The van der Waals surface area contributed by atoms with Crippen LogP contribution in [-0.4, -0.2) is 15.9 Å². The molecule has 1 aromatic carbocycles. The summed E-state index contributed by atoms with van der Waals surface area (Å²) in [6, 6.07) is 7.53. The summed E-state index contributed by atoms with van der Waals surface area (Å²) < 4.78 is 0. The van der Waals surface area contributed by atoms with Gasteiger partial charge in [0.1, 0.15) is 16.5 Å². The van der Waals surface area contributed by atoms with E-state index in [4.69, 9.17) is 4.98 Å². The number of Topliss-reactive ketones (excluding diaryl/α,β-unsaturated/α-hetero) is 1. The highest BCUT2D eigenvalue weighted by molar-refractivity contribution is 7.15. The van der Waals surface area contributed by atoms with Crippen molar-refractivity contribution in [2.24, 2.45) is 28.6 Å². The Labute approximate surface area is 182 Å². The fourth-order valence-corrected chi connectivity index (χ4v) is 8.54. The Balaban J connectivity index is 1.41. The van der Waals surface area contributed by atoms with Gasteiger partial charge in [0.05, 0.1) is 11.3 Å². The van der Waals surface area contributed by atoms with Crippen molar-refractivity contribution in [2.45, 2.75) is 58.8 Å². The van der Waals surface area contributed by atoms with Crippen molar-refractivity contribution in [1.29, 1.82) is 0 Å². The molecular formula is C26H29NO2S. The Hall–Kier alpha value is -1.94. The first-order valence-electron chi connectivity index (χ1n) is 11.4. The fourth-order valence-electron chi connectivity index (χ4n) is 7.43. The second kappa shape index (κ2) is 6.29. The minimum atomic E-state index is -0.0681. The molecule has 0 saturated heterocycles. The first-order valence-corrected chi connectivity index (χ1v) is 12.3. The van der Waals surface area contributed by atoms with Gasteiger partial charge in [0.25, 0.3) is 0 Å². The van der Waals surface area contributed by atoms with Crippen LogP contribution in [0, 0.1) is 28.6 Å². The molecule has 156 valence electrons. The maximum Gasteiger partial charge on any atom is 0.139 e. The second-order valence-electron chi connectivity index (χ2n) is 10.4. The number of aromatic hydroxyl groups is 1. The monoisotopic (exact) mass is 419 g/mol. The lowest BCUT2D eigenvalue weighted by molar-refractivity contribution is -0.131. The number of aromatic nitrogens is 1. The number of rotatable bonds is 1. The summed E-state index contributed by atoms with van der Waals surface area (Å²) in [4.78, 5) is 19.1. The maximum absolute atomic E-state index is 12.7. The Morgan fingerprint density at radius 3 is 2.70 bits per heavy atom. The number of hydrogen-bond donors (Lipinski definition) is 1. The predicted molar refractivity (Wildman–Crippen MR) is 120 cm³/mol. The van der Waals surface area contributed by atoms with Crippen molar-refractivity contribution >= 4 is 22.7 Å². The van der Waals surface area contributed by atoms with Crippen molar-refractivity contribution in [3.8, 4) is 16.3 Å². The second-order valence-corrected chi connectivity index (χ2v) is 11.5. The zero-order chi connectivity index (χ0) is 20.7. The average Bonchev–Trinajstić information content (AvgIpc) is 3.29. The average molecular weight is 420 g/mol. The normalized spacial score (nSPS) is 37.1. The lowest BCUT2D eigenvalue weighted by Crippen LogP contribution is -2.49. The third-order valence-corrected chi connectivity index (χ3v) is 10.3. The van der Waals surface area contributed by atoms with Gasteiger partial charge in [-0.15, -0.1) is 11.3 Å². The first kappa shape index (κ1) is 18.8. The number of fused-ring (bicyclic) bond motifs is 7. The van der Waals surface area contributed by atoms with Gasteiger partial charge in [-0.25, -0.2) is 4.98 Å². The zero-order valence-electron chi connectivity index (χ0n) is 17.8. The molecule has 1 aromatic heterocycles. The van der Waals surface area contributed by atoms with Crippen LogP contribution in [0.1, 0.15) is 62.9 Å². The summed E-state index contributed by atoms with van der Waals surface area (Å²) >= 11 is 1.74. The quantitative estimate of drug-likeness (QED) is 0.593. The molecule has 6 rings (SSSR count). The summed E-state index contributed by atoms with van der Waals surface area (Å²) in [6.07, 6.45) is 9.92. The molecule has 1 heterocycles. The molecule has 3 nitrogen and oxygen atoms in total. The molecular weight excluding hydrogens is 390 g/mol. The van der Waals surface area contributed by atoms with Crippen LogP contribution >= 0.6 is 11.3 Å². The SMILES string of the molecule is C[C@]12CCc3sc(-c4ccccc4O)nc3C1=CC[C@@H]1[C@@H]2CC[C@]2(C)C(=O)CC[C@@H]12. The zero-order valence-corrected chi connectivity index (χ0v) is 18.6. The summed E-state index contributed by atoms with van der Waals surface area (Å²) in [5, 5.41) is 11.3. The van der Waals surface area contributed by atoms with Crippen molar-refractivity contribution in [1.82, 2.24) is 4.98 Å². The molecule has 0 aliphatic heterocycles. The van der Waals surface area contributed by atoms with Crippen molar-refractivity contribution in [3.63, 3.8) is 0 Å². The van der Waals surface area contributed by atoms with E-state index in [0.717, 1.165) is 42.7 Å². The number of thiazole rings is 1. The van der Waals surface area contributed by atoms with Gasteiger partial charge in [0.15, 0.2) is 0 Å². The molecule has 1 N–H and O–H groups in total. The Bertz CT molecular complexity index is 1080. The number of phenolic OH excluding ortho intramolecular Hbond substituents is 1. The number of hydrogen-bond acceptors (Lipinski definition) is 4. The smallest absolute Gasteiger partial charge is 0.139 e. The largest absolute Gasteiger partial charge is 0.507 e.